The Kier molecular flexibility index (Phi) is 6.74. The number of carbonyl (C=O) groups excluding carboxylic acids is 2. The highest BCUT2D eigenvalue weighted by atomic mass is 35.5. The van der Waals surface area contributed by atoms with Gasteiger partial charge in [0, 0.05) is 35.5 Å². The molecular formula is C26H20Cl2N4O3. The molecule has 1 aliphatic rings. The summed E-state index contributed by atoms with van der Waals surface area (Å²) < 4.78 is 5.75. The summed E-state index contributed by atoms with van der Waals surface area (Å²) in [5.74, 6) is -0.551. The minimum absolute atomic E-state index is 0.135. The number of nitrogens with zero attached hydrogens (tertiary/aromatic N) is 2. The second-order valence-electron chi connectivity index (χ2n) is 8.05. The average molecular weight is 507 g/mol. The Morgan fingerprint density at radius 2 is 1.77 bits per heavy atom. The van der Waals surface area contributed by atoms with Crippen molar-refractivity contribution < 1.29 is 14.3 Å². The van der Waals surface area contributed by atoms with Gasteiger partial charge >= 0.3 is 0 Å². The van der Waals surface area contributed by atoms with Gasteiger partial charge in [0.05, 0.1) is 39.6 Å². The Balaban J connectivity index is 1.34. The average Bonchev–Trinajstić information content (AvgIpc) is 2.90. The van der Waals surface area contributed by atoms with Crippen molar-refractivity contribution in [3.8, 4) is 0 Å². The van der Waals surface area contributed by atoms with E-state index in [9.17, 15) is 9.59 Å². The maximum absolute atomic E-state index is 13.2. The van der Waals surface area contributed by atoms with Crippen LogP contribution in [0.4, 0.5) is 5.69 Å². The van der Waals surface area contributed by atoms with E-state index in [1.807, 2.05) is 0 Å². The number of morpholine rings is 1. The van der Waals surface area contributed by atoms with Gasteiger partial charge in [0.25, 0.3) is 5.91 Å². The van der Waals surface area contributed by atoms with Crippen molar-refractivity contribution in [2.24, 2.45) is 0 Å². The number of benzene rings is 3. The zero-order valence-electron chi connectivity index (χ0n) is 18.4. The predicted molar refractivity (Wildman–Crippen MR) is 135 cm³/mol. The lowest BCUT2D eigenvalue weighted by Crippen LogP contribution is -2.33. The zero-order chi connectivity index (χ0) is 24.4. The highest BCUT2D eigenvalue weighted by Crippen LogP contribution is 2.24. The second kappa shape index (κ2) is 10.1. The third-order valence-corrected chi connectivity index (χ3v) is 6.38. The van der Waals surface area contributed by atoms with E-state index in [0.29, 0.717) is 51.6 Å². The summed E-state index contributed by atoms with van der Waals surface area (Å²) in [7, 11) is 0. The van der Waals surface area contributed by atoms with Crippen molar-refractivity contribution in [2.45, 2.75) is 6.10 Å². The van der Waals surface area contributed by atoms with Crippen LogP contribution in [0.1, 0.15) is 38.1 Å². The van der Waals surface area contributed by atoms with Crippen LogP contribution in [-0.2, 0) is 4.74 Å². The first kappa shape index (κ1) is 23.4. The molecule has 9 heteroatoms. The Bertz CT molecular complexity index is 1440. The van der Waals surface area contributed by atoms with Crippen LogP contribution in [-0.4, -0.2) is 41.4 Å². The Labute approximate surface area is 211 Å². The molecule has 1 amide bonds. The van der Waals surface area contributed by atoms with Crippen molar-refractivity contribution in [2.75, 3.05) is 25.0 Å². The van der Waals surface area contributed by atoms with E-state index in [2.05, 4.69) is 20.6 Å². The van der Waals surface area contributed by atoms with Crippen molar-refractivity contribution >= 4 is 51.6 Å². The molecule has 2 heterocycles. The van der Waals surface area contributed by atoms with Crippen LogP contribution >= 0.6 is 23.2 Å². The summed E-state index contributed by atoms with van der Waals surface area (Å²) in [5.41, 5.74) is 3.82. The predicted octanol–water partition coefficient (Wildman–Crippen LogP) is 5.08. The highest BCUT2D eigenvalue weighted by Gasteiger charge is 2.18. The molecule has 35 heavy (non-hydrogen) atoms. The van der Waals surface area contributed by atoms with Crippen molar-refractivity contribution in [3.63, 3.8) is 0 Å². The number of amides is 1. The van der Waals surface area contributed by atoms with Crippen molar-refractivity contribution in [3.05, 3.63) is 99.3 Å². The number of fused-ring (bicyclic) bond motifs is 1. The van der Waals surface area contributed by atoms with E-state index in [1.54, 1.807) is 60.8 Å². The minimum atomic E-state index is -0.359. The Morgan fingerprint density at radius 1 is 0.943 bits per heavy atom. The number of carbonyl (C=O) groups is 2. The normalized spacial score (nSPS) is 15.7. The standard InChI is InChI=1S/C26H20Cl2N4O3/c27-19-6-4-17(11-20(19)28)26(34)31-18-3-1-2-15(10-18)25(33)16-5-7-21-22(12-16)30-13-23(32-21)24-14-29-8-9-35-24/h1-7,10-13,24,29H,8-9,14H2,(H,31,34). The largest absolute Gasteiger partial charge is 0.369 e. The van der Waals surface area contributed by atoms with Gasteiger partial charge in [-0.2, -0.15) is 0 Å². The number of anilines is 1. The fourth-order valence-electron chi connectivity index (χ4n) is 3.82. The number of hydrogen-bond acceptors (Lipinski definition) is 6. The number of ketones is 1. The first-order valence-electron chi connectivity index (χ1n) is 11.0. The van der Waals surface area contributed by atoms with Gasteiger partial charge in [-0.05, 0) is 48.5 Å². The molecule has 5 rings (SSSR count). The first-order chi connectivity index (χ1) is 17.0. The van der Waals surface area contributed by atoms with E-state index in [-0.39, 0.29) is 22.8 Å². The molecule has 0 aliphatic carbocycles. The second-order valence-corrected chi connectivity index (χ2v) is 8.87. The summed E-state index contributed by atoms with van der Waals surface area (Å²) in [6.45, 7) is 2.14. The fraction of sp³-hybridized carbons (Fsp3) is 0.154. The van der Waals surface area contributed by atoms with E-state index >= 15 is 0 Å². The molecule has 176 valence electrons. The van der Waals surface area contributed by atoms with Gasteiger partial charge in [0.15, 0.2) is 5.78 Å². The molecular weight excluding hydrogens is 487 g/mol. The minimum Gasteiger partial charge on any atom is -0.369 e. The summed E-state index contributed by atoms with van der Waals surface area (Å²) in [5, 5.41) is 6.72. The number of aromatic nitrogens is 2. The van der Waals surface area contributed by atoms with Crippen LogP contribution < -0.4 is 10.6 Å². The van der Waals surface area contributed by atoms with Crippen LogP contribution in [0.2, 0.25) is 10.0 Å². The van der Waals surface area contributed by atoms with Gasteiger partial charge in [-0.25, -0.2) is 4.98 Å². The summed E-state index contributed by atoms with van der Waals surface area (Å²) in [6, 6.07) is 16.6. The molecule has 7 nitrogen and oxygen atoms in total. The monoisotopic (exact) mass is 506 g/mol. The number of halogens is 2. The molecule has 1 unspecified atom stereocenters. The molecule has 1 aliphatic heterocycles. The van der Waals surface area contributed by atoms with Crippen LogP contribution in [0.25, 0.3) is 11.0 Å². The quantitative estimate of drug-likeness (QED) is 0.366. The molecule has 0 radical (unpaired) electrons. The molecule has 4 aromatic rings. The lowest BCUT2D eigenvalue weighted by Gasteiger charge is -2.22. The highest BCUT2D eigenvalue weighted by molar-refractivity contribution is 6.42. The van der Waals surface area contributed by atoms with Crippen LogP contribution in [0.5, 0.6) is 0 Å². The van der Waals surface area contributed by atoms with Crippen LogP contribution in [0.15, 0.2) is 66.9 Å². The van der Waals surface area contributed by atoms with E-state index in [0.717, 1.165) is 12.2 Å². The van der Waals surface area contributed by atoms with Gasteiger partial charge < -0.3 is 15.4 Å². The van der Waals surface area contributed by atoms with Gasteiger partial charge in [0.2, 0.25) is 0 Å². The Morgan fingerprint density at radius 3 is 2.57 bits per heavy atom. The third-order valence-electron chi connectivity index (χ3n) is 5.64. The van der Waals surface area contributed by atoms with E-state index in [4.69, 9.17) is 27.9 Å². The zero-order valence-corrected chi connectivity index (χ0v) is 19.9. The van der Waals surface area contributed by atoms with Gasteiger partial charge in [0.1, 0.15) is 6.10 Å². The lowest BCUT2D eigenvalue weighted by atomic mass is 10.0. The smallest absolute Gasteiger partial charge is 0.255 e. The molecule has 1 saturated heterocycles. The van der Waals surface area contributed by atoms with Crippen molar-refractivity contribution in [1.29, 1.82) is 0 Å². The topological polar surface area (TPSA) is 93.2 Å². The van der Waals surface area contributed by atoms with Crippen LogP contribution in [0, 0.1) is 0 Å². The molecule has 0 saturated carbocycles. The molecule has 2 N–H and O–H groups in total. The number of nitrogens with one attached hydrogen (secondary N) is 2. The van der Waals surface area contributed by atoms with Crippen LogP contribution in [0.3, 0.4) is 0 Å². The fourth-order valence-corrected chi connectivity index (χ4v) is 4.12. The summed E-state index contributed by atoms with van der Waals surface area (Å²) >= 11 is 11.9. The number of rotatable bonds is 5. The molecule has 1 aromatic heterocycles. The molecule has 0 bridgehead atoms. The van der Waals surface area contributed by atoms with Crippen molar-refractivity contribution in [1.82, 2.24) is 15.3 Å². The van der Waals surface area contributed by atoms with Gasteiger partial charge in [-0.1, -0.05) is 35.3 Å². The first-order valence-corrected chi connectivity index (χ1v) is 11.7. The maximum Gasteiger partial charge on any atom is 0.255 e. The molecule has 1 fully saturated rings. The number of hydrogen-bond donors (Lipinski definition) is 2. The third kappa shape index (κ3) is 5.18. The molecule has 3 aromatic carbocycles. The lowest BCUT2D eigenvalue weighted by molar-refractivity contribution is 0.0250. The van der Waals surface area contributed by atoms with Gasteiger partial charge in [-0.15, -0.1) is 0 Å². The van der Waals surface area contributed by atoms with Gasteiger partial charge in [-0.3, -0.25) is 14.6 Å². The Hall–Kier alpha value is -3.36. The van der Waals surface area contributed by atoms with E-state index in [1.165, 1.54) is 6.07 Å². The molecule has 1 atom stereocenters. The maximum atomic E-state index is 13.2. The molecule has 0 spiro atoms. The summed E-state index contributed by atoms with van der Waals surface area (Å²) in [6.07, 6.45) is 1.55. The summed E-state index contributed by atoms with van der Waals surface area (Å²) in [4.78, 5) is 34.9. The SMILES string of the molecule is O=C(Nc1cccc(C(=O)c2ccc3nc(C4CNCCO4)cnc3c2)c1)c1ccc(Cl)c(Cl)c1. The number of ether oxygens (including phenoxy) is 1. The van der Waals surface area contributed by atoms with E-state index < -0.39 is 0 Å².